The van der Waals surface area contributed by atoms with E-state index in [2.05, 4.69) is 44.7 Å². The van der Waals surface area contributed by atoms with Crippen LogP contribution in [0.5, 0.6) is 0 Å². The maximum atomic E-state index is 10.7. The average Bonchev–Trinajstić information content (AvgIpc) is 2.53. The Morgan fingerprint density at radius 2 is 1.80 bits per heavy atom. The third-order valence-electron chi connectivity index (χ3n) is 4.67. The highest BCUT2D eigenvalue weighted by Gasteiger charge is 2.22. The Bertz CT molecular complexity index is 432. The first-order valence-corrected chi connectivity index (χ1v) is 7.99. The molecule has 2 rings (SSSR count). The van der Waals surface area contributed by atoms with Gasteiger partial charge in [-0.05, 0) is 63.8 Å². The van der Waals surface area contributed by atoms with E-state index in [1.165, 1.54) is 42.4 Å². The quantitative estimate of drug-likeness (QED) is 0.904. The van der Waals surface area contributed by atoms with Gasteiger partial charge in [-0.2, -0.15) is 0 Å². The van der Waals surface area contributed by atoms with E-state index in [9.17, 15) is 5.11 Å². The number of hydrogen-bond acceptors (Lipinski definition) is 2. The molecule has 2 nitrogen and oxygen atoms in total. The standard InChI is InChI=1S/C18H29NO/c1-13-10-14(2)18(15(3)11-13)17(20)12-19-9-7-5-6-8-16(19)4/h10-11,16-17,20H,5-9,12H2,1-4H3. The molecule has 0 aromatic heterocycles. The predicted molar refractivity (Wildman–Crippen MR) is 85.1 cm³/mol. The summed E-state index contributed by atoms with van der Waals surface area (Å²) in [5, 5.41) is 10.7. The van der Waals surface area contributed by atoms with E-state index in [-0.39, 0.29) is 6.10 Å². The van der Waals surface area contributed by atoms with Crippen LogP contribution >= 0.6 is 0 Å². The van der Waals surface area contributed by atoms with E-state index in [0.29, 0.717) is 6.04 Å². The molecule has 1 N–H and O–H groups in total. The van der Waals surface area contributed by atoms with Gasteiger partial charge in [0.25, 0.3) is 0 Å². The predicted octanol–water partition coefficient (Wildman–Crippen LogP) is 3.91. The van der Waals surface area contributed by atoms with E-state index < -0.39 is 0 Å². The highest BCUT2D eigenvalue weighted by Crippen LogP contribution is 2.26. The Morgan fingerprint density at radius 3 is 2.45 bits per heavy atom. The second-order valence-electron chi connectivity index (χ2n) is 6.52. The van der Waals surface area contributed by atoms with Crippen molar-refractivity contribution in [1.29, 1.82) is 0 Å². The summed E-state index contributed by atoms with van der Waals surface area (Å²) in [4.78, 5) is 2.47. The summed E-state index contributed by atoms with van der Waals surface area (Å²) in [6.07, 6.45) is 4.83. The minimum atomic E-state index is -0.365. The third kappa shape index (κ3) is 3.62. The molecule has 0 bridgehead atoms. The van der Waals surface area contributed by atoms with E-state index in [4.69, 9.17) is 0 Å². The molecular formula is C18H29NO. The Kier molecular flexibility index (Phi) is 5.22. The molecule has 1 aliphatic heterocycles. The number of β-amino-alcohol motifs (C(OH)–C–C–N with tert-alkyl or cyclic N) is 1. The highest BCUT2D eigenvalue weighted by molar-refractivity contribution is 5.39. The van der Waals surface area contributed by atoms with Crippen molar-refractivity contribution >= 4 is 0 Å². The van der Waals surface area contributed by atoms with Crippen LogP contribution in [-0.4, -0.2) is 29.1 Å². The molecule has 2 atom stereocenters. The Balaban J connectivity index is 2.13. The van der Waals surface area contributed by atoms with E-state index in [1.54, 1.807) is 0 Å². The van der Waals surface area contributed by atoms with Gasteiger partial charge in [-0.15, -0.1) is 0 Å². The Hall–Kier alpha value is -0.860. The molecule has 0 aliphatic carbocycles. The lowest BCUT2D eigenvalue weighted by atomic mass is 9.95. The smallest absolute Gasteiger partial charge is 0.0922 e. The lowest BCUT2D eigenvalue weighted by molar-refractivity contribution is 0.0920. The van der Waals surface area contributed by atoms with Crippen molar-refractivity contribution in [2.75, 3.05) is 13.1 Å². The summed E-state index contributed by atoms with van der Waals surface area (Å²) in [5.74, 6) is 0. The molecule has 20 heavy (non-hydrogen) atoms. The van der Waals surface area contributed by atoms with Crippen LogP contribution in [-0.2, 0) is 0 Å². The van der Waals surface area contributed by atoms with Gasteiger partial charge < -0.3 is 5.11 Å². The van der Waals surface area contributed by atoms with Crippen LogP contribution in [0.15, 0.2) is 12.1 Å². The molecule has 1 saturated heterocycles. The largest absolute Gasteiger partial charge is 0.387 e. The summed E-state index contributed by atoms with van der Waals surface area (Å²) in [5.41, 5.74) is 4.85. The molecule has 1 fully saturated rings. The topological polar surface area (TPSA) is 23.5 Å². The number of aliphatic hydroxyl groups excluding tert-OH is 1. The Morgan fingerprint density at radius 1 is 1.15 bits per heavy atom. The lowest BCUT2D eigenvalue weighted by Gasteiger charge is -2.30. The van der Waals surface area contributed by atoms with Crippen molar-refractivity contribution in [3.05, 3.63) is 34.4 Å². The van der Waals surface area contributed by atoms with Gasteiger partial charge in [0.15, 0.2) is 0 Å². The van der Waals surface area contributed by atoms with Crippen LogP contribution in [0.4, 0.5) is 0 Å². The molecule has 2 heteroatoms. The molecule has 1 heterocycles. The fourth-order valence-electron chi connectivity index (χ4n) is 3.64. The summed E-state index contributed by atoms with van der Waals surface area (Å²) in [6.45, 7) is 10.5. The molecule has 2 unspecified atom stereocenters. The van der Waals surface area contributed by atoms with Gasteiger partial charge in [0.05, 0.1) is 6.10 Å². The number of aliphatic hydroxyl groups is 1. The van der Waals surface area contributed by atoms with Crippen molar-refractivity contribution in [2.45, 2.75) is 65.5 Å². The molecular weight excluding hydrogens is 246 g/mol. The fourth-order valence-corrected chi connectivity index (χ4v) is 3.64. The normalized spacial score (nSPS) is 22.6. The molecule has 0 spiro atoms. The second-order valence-corrected chi connectivity index (χ2v) is 6.52. The first-order chi connectivity index (χ1) is 9.49. The first kappa shape index (κ1) is 15.5. The zero-order chi connectivity index (χ0) is 14.7. The number of nitrogens with zero attached hydrogens (tertiary/aromatic N) is 1. The first-order valence-electron chi connectivity index (χ1n) is 7.99. The van der Waals surface area contributed by atoms with Gasteiger partial charge in [0.1, 0.15) is 0 Å². The summed E-state index contributed by atoms with van der Waals surface area (Å²) < 4.78 is 0. The van der Waals surface area contributed by atoms with Crippen LogP contribution in [0.1, 0.15) is 61.0 Å². The van der Waals surface area contributed by atoms with Gasteiger partial charge >= 0.3 is 0 Å². The van der Waals surface area contributed by atoms with Gasteiger partial charge in [-0.25, -0.2) is 0 Å². The van der Waals surface area contributed by atoms with E-state index in [0.717, 1.165) is 18.7 Å². The minimum Gasteiger partial charge on any atom is -0.387 e. The van der Waals surface area contributed by atoms with Gasteiger partial charge in [-0.3, -0.25) is 4.90 Å². The van der Waals surface area contributed by atoms with Crippen molar-refractivity contribution in [2.24, 2.45) is 0 Å². The van der Waals surface area contributed by atoms with Crippen LogP contribution in [0.3, 0.4) is 0 Å². The summed E-state index contributed by atoms with van der Waals surface area (Å²) >= 11 is 0. The highest BCUT2D eigenvalue weighted by atomic mass is 16.3. The van der Waals surface area contributed by atoms with Gasteiger partial charge in [0.2, 0.25) is 0 Å². The molecule has 112 valence electrons. The Labute approximate surface area is 123 Å². The molecule has 1 aromatic rings. The number of likely N-dealkylation sites (tertiary alicyclic amines) is 1. The van der Waals surface area contributed by atoms with Crippen molar-refractivity contribution in [3.8, 4) is 0 Å². The van der Waals surface area contributed by atoms with E-state index >= 15 is 0 Å². The molecule has 0 amide bonds. The maximum absolute atomic E-state index is 10.7. The minimum absolute atomic E-state index is 0.365. The van der Waals surface area contributed by atoms with Crippen LogP contribution in [0.2, 0.25) is 0 Å². The monoisotopic (exact) mass is 275 g/mol. The lowest BCUT2D eigenvalue weighted by Crippen LogP contribution is -2.36. The maximum Gasteiger partial charge on any atom is 0.0922 e. The zero-order valence-corrected chi connectivity index (χ0v) is 13.4. The van der Waals surface area contributed by atoms with Crippen molar-refractivity contribution in [3.63, 3.8) is 0 Å². The van der Waals surface area contributed by atoms with Gasteiger partial charge in [-0.1, -0.05) is 30.5 Å². The zero-order valence-electron chi connectivity index (χ0n) is 13.4. The summed E-state index contributed by atoms with van der Waals surface area (Å²) in [7, 11) is 0. The van der Waals surface area contributed by atoms with Gasteiger partial charge in [0, 0.05) is 12.6 Å². The van der Waals surface area contributed by atoms with Crippen molar-refractivity contribution < 1.29 is 5.11 Å². The SMILES string of the molecule is Cc1cc(C)c(C(O)CN2CCCCCC2C)c(C)c1. The second kappa shape index (κ2) is 6.73. The van der Waals surface area contributed by atoms with Crippen LogP contribution in [0.25, 0.3) is 0 Å². The third-order valence-corrected chi connectivity index (χ3v) is 4.67. The molecule has 1 aliphatic rings. The fraction of sp³-hybridized carbons (Fsp3) is 0.667. The summed E-state index contributed by atoms with van der Waals surface area (Å²) in [6, 6.07) is 4.95. The van der Waals surface area contributed by atoms with E-state index in [1.807, 2.05) is 0 Å². The number of aryl methyl sites for hydroxylation is 3. The molecule has 0 radical (unpaired) electrons. The van der Waals surface area contributed by atoms with Crippen LogP contribution in [0, 0.1) is 20.8 Å². The number of rotatable bonds is 3. The molecule has 1 aromatic carbocycles. The molecule has 0 saturated carbocycles. The average molecular weight is 275 g/mol. The van der Waals surface area contributed by atoms with Crippen molar-refractivity contribution in [1.82, 2.24) is 4.90 Å². The number of benzene rings is 1. The van der Waals surface area contributed by atoms with Crippen LogP contribution < -0.4 is 0 Å². The number of hydrogen-bond donors (Lipinski definition) is 1.